The first kappa shape index (κ1) is 19.2. The molecule has 0 unspecified atom stereocenters. The van der Waals surface area contributed by atoms with Gasteiger partial charge in [-0.15, -0.1) is 0 Å². The van der Waals surface area contributed by atoms with Crippen LogP contribution < -0.4 is 10.6 Å². The monoisotopic (exact) mass is 384 g/mol. The summed E-state index contributed by atoms with van der Waals surface area (Å²) in [7, 11) is 0. The Hall–Kier alpha value is -3.61. The summed E-state index contributed by atoms with van der Waals surface area (Å²) in [4.78, 5) is 24.2. The fourth-order valence-corrected chi connectivity index (χ4v) is 2.51. The normalized spacial score (nSPS) is 10.4. The molecular weight excluding hydrogens is 369 g/mol. The summed E-state index contributed by atoms with van der Waals surface area (Å²) < 4.78 is 39.4. The van der Waals surface area contributed by atoms with Gasteiger partial charge in [-0.2, -0.15) is 0 Å². The van der Waals surface area contributed by atoms with Crippen molar-refractivity contribution in [3.05, 3.63) is 101 Å². The predicted octanol–water partition coefficient (Wildman–Crippen LogP) is 4.29. The van der Waals surface area contributed by atoms with E-state index < -0.39 is 29.3 Å². The van der Waals surface area contributed by atoms with Crippen molar-refractivity contribution in [2.24, 2.45) is 0 Å². The zero-order chi connectivity index (χ0) is 20.1. The van der Waals surface area contributed by atoms with Crippen molar-refractivity contribution in [1.82, 2.24) is 5.32 Å². The van der Waals surface area contributed by atoms with Crippen LogP contribution in [0.2, 0.25) is 0 Å². The molecule has 0 fully saturated rings. The first-order chi connectivity index (χ1) is 13.4. The van der Waals surface area contributed by atoms with Crippen LogP contribution in [0.5, 0.6) is 0 Å². The van der Waals surface area contributed by atoms with Gasteiger partial charge in [0.25, 0.3) is 11.8 Å². The molecular formula is C21H15F3N2O2. The van der Waals surface area contributed by atoms with Crippen LogP contribution in [-0.4, -0.2) is 11.8 Å². The highest BCUT2D eigenvalue weighted by Crippen LogP contribution is 2.14. The highest BCUT2D eigenvalue weighted by Gasteiger charge is 2.10. The summed E-state index contributed by atoms with van der Waals surface area (Å²) in [5.41, 5.74) is 1.31. The number of hydrogen-bond acceptors (Lipinski definition) is 2. The smallest absolute Gasteiger partial charge is 0.255 e. The van der Waals surface area contributed by atoms with E-state index in [-0.39, 0.29) is 17.7 Å². The standard InChI is InChI=1S/C21H15F3N2O2/c22-16-5-2-4-14(10-16)21(28)26-17-6-1-3-13(9-17)12-25-20(27)15-7-8-18(23)19(24)11-15/h1-11H,12H2,(H,25,27)(H,26,28). The molecule has 0 bridgehead atoms. The van der Waals surface area contributed by atoms with Gasteiger partial charge in [-0.25, -0.2) is 13.2 Å². The Morgan fingerprint density at radius 1 is 0.750 bits per heavy atom. The lowest BCUT2D eigenvalue weighted by Crippen LogP contribution is -2.23. The van der Waals surface area contributed by atoms with Crippen LogP contribution in [0.25, 0.3) is 0 Å². The van der Waals surface area contributed by atoms with E-state index in [1.807, 2.05) is 0 Å². The molecule has 0 heterocycles. The van der Waals surface area contributed by atoms with Crippen molar-refractivity contribution in [1.29, 1.82) is 0 Å². The van der Waals surface area contributed by atoms with Crippen LogP contribution in [0.3, 0.4) is 0 Å². The minimum Gasteiger partial charge on any atom is -0.348 e. The Labute approximate surface area is 159 Å². The molecule has 3 rings (SSSR count). The largest absolute Gasteiger partial charge is 0.348 e. The zero-order valence-corrected chi connectivity index (χ0v) is 14.5. The van der Waals surface area contributed by atoms with E-state index in [1.165, 1.54) is 24.3 Å². The molecule has 0 radical (unpaired) electrons. The van der Waals surface area contributed by atoms with Gasteiger partial charge in [-0.05, 0) is 54.1 Å². The third-order valence-corrected chi connectivity index (χ3v) is 3.91. The number of carbonyl (C=O) groups is 2. The van der Waals surface area contributed by atoms with Gasteiger partial charge in [0.15, 0.2) is 11.6 Å². The number of rotatable bonds is 5. The maximum absolute atomic E-state index is 13.2. The summed E-state index contributed by atoms with van der Waals surface area (Å²) in [6.45, 7) is 0.113. The summed E-state index contributed by atoms with van der Waals surface area (Å²) >= 11 is 0. The lowest BCUT2D eigenvalue weighted by Gasteiger charge is -2.09. The number of halogens is 3. The predicted molar refractivity (Wildman–Crippen MR) is 98.3 cm³/mol. The van der Waals surface area contributed by atoms with Gasteiger partial charge in [-0.1, -0.05) is 18.2 Å². The van der Waals surface area contributed by atoms with Crippen molar-refractivity contribution < 1.29 is 22.8 Å². The van der Waals surface area contributed by atoms with Gasteiger partial charge in [0.2, 0.25) is 0 Å². The second-order valence-electron chi connectivity index (χ2n) is 5.98. The molecule has 28 heavy (non-hydrogen) atoms. The van der Waals surface area contributed by atoms with Gasteiger partial charge in [-0.3, -0.25) is 9.59 Å². The molecule has 4 nitrogen and oxygen atoms in total. The Bertz CT molecular complexity index is 1040. The topological polar surface area (TPSA) is 58.2 Å². The van der Waals surface area contributed by atoms with Crippen LogP contribution in [-0.2, 0) is 6.54 Å². The van der Waals surface area contributed by atoms with E-state index in [0.29, 0.717) is 11.3 Å². The third-order valence-electron chi connectivity index (χ3n) is 3.91. The van der Waals surface area contributed by atoms with Crippen molar-refractivity contribution in [3.8, 4) is 0 Å². The summed E-state index contributed by atoms with van der Waals surface area (Å²) in [5.74, 6) is -3.68. The quantitative estimate of drug-likeness (QED) is 0.690. The van der Waals surface area contributed by atoms with Crippen molar-refractivity contribution in [2.75, 3.05) is 5.32 Å². The molecule has 7 heteroatoms. The Kier molecular flexibility index (Phi) is 5.74. The molecule has 0 aliphatic heterocycles. The molecule has 2 N–H and O–H groups in total. The fourth-order valence-electron chi connectivity index (χ4n) is 2.51. The molecule has 0 aliphatic carbocycles. The summed E-state index contributed by atoms with van der Waals surface area (Å²) in [6.07, 6.45) is 0. The Balaban J connectivity index is 1.63. The lowest BCUT2D eigenvalue weighted by molar-refractivity contribution is 0.0949. The summed E-state index contributed by atoms with van der Waals surface area (Å²) in [6, 6.07) is 14.9. The van der Waals surface area contributed by atoms with Crippen molar-refractivity contribution in [2.45, 2.75) is 6.54 Å². The lowest BCUT2D eigenvalue weighted by atomic mass is 10.1. The zero-order valence-electron chi connectivity index (χ0n) is 14.5. The SMILES string of the molecule is O=C(NCc1cccc(NC(=O)c2cccc(F)c2)c1)c1ccc(F)c(F)c1. The third kappa shape index (κ3) is 4.76. The average molecular weight is 384 g/mol. The van der Waals surface area contributed by atoms with Crippen LogP contribution in [0.1, 0.15) is 26.3 Å². The number of anilines is 1. The van der Waals surface area contributed by atoms with E-state index in [2.05, 4.69) is 10.6 Å². The van der Waals surface area contributed by atoms with Crippen LogP contribution in [0.15, 0.2) is 66.7 Å². The minimum absolute atomic E-state index is 0.00513. The molecule has 0 saturated carbocycles. The molecule has 0 atom stereocenters. The Morgan fingerprint density at radius 3 is 2.25 bits per heavy atom. The molecule has 142 valence electrons. The van der Waals surface area contributed by atoms with Crippen LogP contribution >= 0.6 is 0 Å². The number of nitrogens with one attached hydrogen (secondary N) is 2. The second-order valence-corrected chi connectivity index (χ2v) is 5.98. The van der Waals surface area contributed by atoms with Crippen LogP contribution in [0, 0.1) is 17.5 Å². The van der Waals surface area contributed by atoms with Gasteiger partial charge in [0.05, 0.1) is 0 Å². The van der Waals surface area contributed by atoms with E-state index in [1.54, 1.807) is 24.3 Å². The van der Waals surface area contributed by atoms with Gasteiger partial charge >= 0.3 is 0 Å². The van der Waals surface area contributed by atoms with Crippen molar-refractivity contribution >= 4 is 17.5 Å². The van der Waals surface area contributed by atoms with E-state index in [0.717, 1.165) is 18.2 Å². The van der Waals surface area contributed by atoms with E-state index in [4.69, 9.17) is 0 Å². The first-order valence-corrected chi connectivity index (χ1v) is 8.31. The summed E-state index contributed by atoms with van der Waals surface area (Å²) in [5, 5.41) is 5.24. The second kappa shape index (κ2) is 8.39. The Morgan fingerprint density at radius 2 is 1.50 bits per heavy atom. The van der Waals surface area contributed by atoms with Crippen molar-refractivity contribution in [3.63, 3.8) is 0 Å². The molecule has 0 aliphatic rings. The maximum atomic E-state index is 13.2. The van der Waals surface area contributed by atoms with E-state index in [9.17, 15) is 22.8 Å². The maximum Gasteiger partial charge on any atom is 0.255 e. The number of carbonyl (C=O) groups excluding carboxylic acids is 2. The van der Waals surface area contributed by atoms with E-state index >= 15 is 0 Å². The molecule has 0 spiro atoms. The molecule has 3 aromatic rings. The first-order valence-electron chi connectivity index (χ1n) is 8.31. The number of hydrogen-bond donors (Lipinski definition) is 2. The number of amides is 2. The molecule has 3 aromatic carbocycles. The highest BCUT2D eigenvalue weighted by molar-refractivity contribution is 6.04. The molecule has 0 aromatic heterocycles. The molecule has 0 saturated heterocycles. The van der Waals surface area contributed by atoms with Gasteiger partial charge in [0, 0.05) is 23.4 Å². The molecule has 2 amide bonds. The minimum atomic E-state index is -1.10. The highest BCUT2D eigenvalue weighted by atomic mass is 19.2. The van der Waals surface area contributed by atoms with Crippen LogP contribution in [0.4, 0.5) is 18.9 Å². The van der Waals surface area contributed by atoms with Gasteiger partial charge in [0.1, 0.15) is 5.82 Å². The van der Waals surface area contributed by atoms with Gasteiger partial charge < -0.3 is 10.6 Å². The number of benzene rings is 3. The average Bonchev–Trinajstić information content (AvgIpc) is 2.68. The fraction of sp³-hybridized carbons (Fsp3) is 0.0476.